The molecule has 0 aliphatic carbocycles. The van der Waals surface area contributed by atoms with Crippen molar-refractivity contribution in [1.29, 1.82) is 0 Å². The van der Waals surface area contributed by atoms with E-state index in [1.165, 1.54) is 0 Å². The average Bonchev–Trinajstić information content (AvgIpc) is 3.21. The van der Waals surface area contributed by atoms with E-state index in [1.54, 1.807) is 43.0 Å². The molecule has 40 heavy (non-hydrogen) atoms. The first kappa shape index (κ1) is 30.9. The van der Waals surface area contributed by atoms with Crippen molar-refractivity contribution >= 4 is 27.7 Å². The third-order valence-electron chi connectivity index (χ3n) is 6.80. The third kappa shape index (κ3) is 7.10. The topological polar surface area (TPSA) is 122 Å². The maximum Gasteiger partial charge on any atom is 0.263 e. The third-order valence-corrected chi connectivity index (χ3v) is 8.20. The molecule has 0 bridgehead atoms. The molecule has 216 valence electrons. The molecule has 9 nitrogen and oxygen atoms in total. The minimum Gasteiger partial charge on any atom is -0.359 e. The molecule has 3 aromatic rings. The Hall–Kier alpha value is -3.66. The molecule has 1 heterocycles. The maximum atomic E-state index is 13.2. The van der Waals surface area contributed by atoms with Gasteiger partial charge in [-0.3, -0.25) is 14.3 Å². The first-order valence-corrected chi connectivity index (χ1v) is 15.1. The molecule has 2 N–H and O–H groups in total. The van der Waals surface area contributed by atoms with Gasteiger partial charge in [-0.15, -0.1) is 0 Å². The monoisotopic (exact) mass is 568 g/mol. The van der Waals surface area contributed by atoms with Gasteiger partial charge >= 0.3 is 0 Å². The van der Waals surface area contributed by atoms with E-state index < -0.39 is 16.1 Å². The summed E-state index contributed by atoms with van der Waals surface area (Å²) in [6.07, 6.45) is 1.13. The highest BCUT2D eigenvalue weighted by Gasteiger charge is 2.33. The zero-order valence-electron chi connectivity index (χ0n) is 24.3. The predicted octanol–water partition coefficient (Wildman–Crippen LogP) is 5.44. The smallest absolute Gasteiger partial charge is 0.263 e. The van der Waals surface area contributed by atoms with Crippen LogP contribution < -0.4 is 10.0 Å². The summed E-state index contributed by atoms with van der Waals surface area (Å²) < 4.78 is 34.1. The van der Waals surface area contributed by atoms with E-state index in [0.717, 1.165) is 12.0 Å². The summed E-state index contributed by atoms with van der Waals surface area (Å²) in [7, 11) is -3.94. The van der Waals surface area contributed by atoms with Crippen LogP contribution in [0.2, 0.25) is 0 Å². The average molecular weight is 569 g/mol. The van der Waals surface area contributed by atoms with Gasteiger partial charge in [0, 0.05) is 30.1 Å². The highest BCUT2D eigenvalue weighted by molar-refractivity contribution is 7.92. The van der Waals surface area contributed by atoms with Gasteiger partial charge in [0.15, 0.2) is 5.82 Å². The summed E-state index contributed by atoms with van der Waals surface area (Å²) in [5.74, 6) is 0.428. The second kappa shape index (κ2) is 13.1. The number of benzene rings is 2. The number of anilines is 1. The van der Waals surface area contributed by atoms with Gasteiger partial charge in [0.1, 0.15) is 11.8 Å². The van der Waals surface area contributed by atoms with Crippen LogP contribution in [-0.4, -0.2) is 42.4 Å². The van der Waals surface area contributed by atoms with E-state index in [0.29, 0.717) is 28.9 Å². The summed E-state index contributed by atoms with van der Waals surface area (Å²) in [4.78, 5) is 27.8. The number of amides is 2. The van der Waals surface area contributed by atoms with Crippen molar-refractivity contribution < 1.29 is 22.5 Å². The van der Waals surface area contributed by atoms with Crippen LogP contribution in [0, 0.1) is 19.8 Å². The van der Waals surface area contributed by atoms with Crippen LogP contribution in [-0.2, 0) is 26.2 Å². The number of nitrogens with zero attached hydrogens (tertiary/aromatic N) is 2. The molecule has 1 atom stereocenters. The molecule has 0 aliphatic rings. The Balaban J connectivity index is 1.78. The molecule has 0 unspecified atom stereocenters. The van der Waals surface area contributed by atoms with Crippen molar-refractivity contribution in [3.63, 3.8) is 0 Å². The van der Waals surface area contributed by atoms with Gasteiger partial charge in [-0.05, 0) is 57.2 Å². The predicted molar refractivity (Wildman–Crippen MR) is 156 cm³/mol. The summed E-state index contributed by atoms with van der Waals surface area (Å²) in [6.45, 7) is 13.4. The second-order valence-corrected chi connectivity index (χ2v) is 12.2. The molecule has 0 spiro atoms. The van der Waals surface area contributed by atoms with Crippen molar-refractivity contribution in [3.8, 4) is 11.1 Å². The minimum absolute atomic E-state index is 0.0207. The standard InChI is InChI=1S/C30H40N4O5S/c1-8-11-27(35)34(20(4)5)28(19(2)3)30(36)31-18-23-14-16-24(17-15-23)25-12-9-10-13-26(25)40(37,38)33-29-21(6)22(7)39-32-29/h9-10,12-17,19-20,28H,8,11,18H2,1-7H3,(H,31,36)(H,32,33)/t28-/m0/s1. The van der Waals surface area contributed by atoms with Gasteiger partial charge in [0.25, 0.3) is 10.0 Å². The minimum atomic E-state index is -3.94. The number of aromatic nitrogens is 1. The van der Waals surface area contributed by atoms with Crippen LogP contribution in [0.5, 0.6) is 0 Å². The van der Waals surface area contributed by atoms with E-state index in [1.807, 2.05) is 58.9 Å². The zero-order valence-corrected chi connectivity index (χ0v) is 25.1. The van der Waals surface area contributed by atoms with Gasteiger partial charge in [0.05, 0.1) is 4.90 Å². The van der Waals surface area contributed by atoms with Crippen molar-refractivity contribution in [2.45, 2.75) is 84.8 Å². The summed E-state index contributed by atoms with van der Waals surface area (Å²) in [6, 6.07) is 13.4. The fourth-order valence-corrected chi connectivity index (χ4v) is 5.88. The van der Waals surface area contributed by atoms with Crippen LogP contribution in [0.15, 0.2) is 57.9 Å². The lowest BCUT2D eigenvalue weighted by Gasteiger charge is -2.36. The maximum absolute atomic E-state index is 13.2. The van der Waals surface area contributed by atoms with Gasteiger partial charge in [-0.1, -0.05) is 68.4 Å². The molecule has 0 saturated heterocycles. The van der Waals surface area contributed by atoms with Gasteiger partial charge < -0.3 is 14.7 Å². The molecular weight excluding hydrogens is 528 g/mol. The summed E-state index contributed by atoms with van der Waals surface area (Å²) in [5, 5.41) is 6.80. The van der Waals surface area contributed by atoms with Crippen molar-refractivity contribution in [2.24, 2.45) is 5.92 Å². The lowest BCUT2D eigenvalue weighted by atomic mass is 9.99. The fraction of sp³-hybridized carbons (Fsp3) is 0.433. The van der Waals surface area contributed by atoms with Crippen molar-refractivity contribution in [1.82, 2.24) is 15.4 Å². The largest absolute Gasteiger partial charge is 0.359 e. The normalized spacial score (nSPS) is 12.4. The molecule has 2 aromatic carbocycles. The summed E-state index contributed by atoms with van der Waals surface area (Å²) in [5.41, 5.74) is 2.71. The Kier molecular flexibility index (Phi) is 10.1. The van der Waals surface area contributed by atoms with E-state index >= 15 is 0 Å². The van der Waals surface area contributed by atoms with Crippen LogP contribution in [0.25, 0.3) is 11.1 Å². The quantitative estimate of drug-likeness (QED) is 0.300. The Labute approximate surface area is 237 Å². The van der Waals surface area contributed by atoms with E-state index in [-0.39, 0.29) is 41.0 Å². The number of hydrogen-bond donors (Lipinski definition) is 2. The van der Waals surface area contributed by atoms with Crippen LogP contribution in [0.1, 0.15) is 64.3 Å². The molecule has 2 amide bonds. The molecule has 0 saturated carbocycles. The lowest BCUT2D eigenvalue weighted by molar-refractivity contribution is -0.144. The molecule has 10 heteroatoms. The Morgan fingerprint density at radius 3 is 2.20 bits per heavy atom. The number of carbonyl (C=O) groups is 2. The molecule has 0 fully saturated rings. The second-order valence-electron chi connectivity index (χ2n) is 10.6. The van der Waals surface area contributed by atoms with Gasteiger partial charge in [-0.2, -0.15) is 0 Å². The Bertz CT molecular complexity index is 1430. The van der Waals surface area contributed by atoms with Crippen molar-refractivity contribution in [2.75, 3.05) is 4.72 Å². The lowest BCUT2D eigenvalue weighted by Crippen LogP contribution is -2.54. The van der Waals surface area contributed by atoms with Gasteiger partial charge in [-0.25, -0.2) is 8.42 Å². The van der Waals surface area contributed by atoms with E-state index in [4.69, 9.17) is 4.52 Å². The number of rotatable bonds is 12. The van der Waals surface area contributed by atoms with Crippen molar-refractivity contribution in [3.05, 3.63) is 65.4 Å². The van der Waals surface area contributed by atoms with Crippen LogP contribution in [0.4, 0.5) is 5.82 Å². The van der Waals surface area contributed by atoms with Crippen LogP contribution in [0.3, 0.4) is 0 Å². The number of carbonyl (C=O) groups excluding carboxylic acids is 2. The first-order chi connectivity index (χ1) is 18.9. The summed E-state index contributed by atoms with van der Waals surface area (Å²) >= 11 is 0. The zero-order chi connectivity index (χ0) is 29.6. The number of nitrogens with one attached hydrogen (secondary N) is 2. The Morgan fingerprint density at radius 2 is 1.65 bits per heavy atom. The fourth-order valence-electron chi connectivity index (χ4n) is 4.59. The van der Waals surface area contributed by atoms with E-state index in [2.05, 4.69) is 15.2 Å². The number of sulfonamides is 1. The van der Waals surface area contributed by atoms with E-state index in [9.17, 15) is 18.0 Å². The highest BCUT2D eigenvalue weighted by Crippen LogP contribution is 2.30. The Morgan fingerprint density at radius 1 is 1.00 bits per heavy atom. The first-order valence-electron chi connectivity index (χ1n) is 13.6. The highest BCUT2D eigenvalue weighted by atomic mass is 32.2. The molecule has 3 rings (SSSR count). The molecule has 0 radical (unpaired) electrons. The molecular formula is C30H40N4O5S. The van der Waals surface area contributed by atoms with Crippen LogP contribution >= 0.6 is 0 Å². The SMILES string of the molecule is CCCC(=O)N(C(C)C)[C@H](C(=O)NCc1ccc(-c2ccccc2S(=O)(=O)Nc2noc(C)c2C)cc1)C(C)C. The number of aryl methyl sites for hydroxylation is 1. The number of hydrogen-bond acceptors (Lipinski definition) is 6. The van der Waals surface area contributed by atoms with Gasteiger partial charge in [0.2, 0.25) is 11.8 Å². The molecule has 1 aromatic heterocycles. The molecule has 0 aliphatic heterocycles.